The lowest BCUT2D eigenvalue weighted by Gasteiger charge is -2.08. The summed E-state index contributed by atoms with van der Waals surface area (Å²) in [5, 5.41) is 2.54. The van der Waals surface area contributed by atoms with E-state index in [9.17, 15) is 13.6 Å². The third-order valence-corrected chi connectivity index (χ3v) is 2.49. The lowest BCUT2D eigenvalue weighted by Crippen LogP contribution is -2.31. The zero-order chi connectivity index (χ0) is 9.56. The molecule has 0 bridgehead atoms. The number of hydrogen-bond donors (Lipinski definition) is 1. The van der Waals surface area contributed by atoms with Crippen LogP contribution in [0, 0.1) is 0 Å². The van der Waals surface area contributed by atoms with Gasteiger partial charge < -0.3 is 5.32 Å². The van der Waals surface area contributed by atoms with Gasteiger partial charge in [0.05, 0.1) is 0 Å². The van der Waals surface area contributed by atoms with Crippen LogP contribution in [-0.4, -0.2) is 30.4 Å². The SMILES string of the molecule is CSC(C)CCNC(=O)C(F)F. The number of alkyl halides is 2. The van der Waals surface area contributed by atoms with Crippen LogP contribution in [0.2, 0.25) is 0 Å². The molecule has 72 valence electrons. The first-order chi connectivity index (χ1) is 5.57. The highest BCUT2D eigenvalue weighted by molar-refractivity contribution is 7.99. The van der Waals surface area contributed by atoms with Gasteiger partial charge in [-0.25, -0.2) is 0 Å². The summed E-state index contributed by atoms with van der Waals surface area (Å²) in [6, 6.07) is 0. The molecule has 0 aromatic carbocycles. The fourth-order valence-electron chi connectivity index (χ4n) is 0.594. The van der Waals surface area contributed by atoms with Crippen molar-refractivity contribution in [3.63, 3.8) is 0 Å². The normalized spacial score (nSPS) is 13.1. The molecule has 0 aromatic rings. The van der Waals surface area contributed by atoms with E-state index in [1.54, 1.807) is 11.8 Å². The van der Waals surface area contributed by atoms with Gasteiger partial charge in [0.1, 0.15) is 0 Å². The molecule has 0 saturated carbocycles. The number of carbonyl (C=O) groups is 1. The zero-order valence-corrected chi connectivity index (χ0v) is 7.96. The molecule has 5 heteroatoms. The number of carbonyl (C=O) groups excluding carboxylic acids is 1. The molecule has 2 nitrogen and oxygen atoms in total. The molecule has 0 fully saturated rings. The monoisotopic (exact) mass is 197 g/mol. The second-order valence-electron chi connectivity index (χ2n) is 2.43. The molecule has 0 rings (SSSR count). The third kappa shape index (κ3) is 5.35. The van der Waals surface area contributed by atoms with E-state index >= 15 is 0 Å². The Morgan fingerprint density at radius 3 is 2.58 bits per heavy atom. The van der Waals surface area contributed by atoms with Gasteiger partial charge in [0.2, 0.25) is 0 Å². The highest BCUT2D eigenvalue weighted by atomic mass is 32.2. The van der Waals surface area contributed by atoms with Crippen molar-refractivity contribution in [3.8, 4) is 0 Å². The van der Waals surface area contributed by atoms with Crippen LogP contribution in [0.4, 0.5) is 8.78 Å². The van der Waals surface area contributed by atoms with Crippen LogP contribution in [0.1, 0.15) is 13.3 Å². The Hall–Kier alpha value is -0.320. The van der Waals surface area contributed by atoms with E-state index in [1.165, 1.54) is 0 Å². The largest absolute Gasteiger partial charge is 0.351 e. The second-order valence-corrected chi connectivity index (χ2v) is 3.70. The van der Waals surface area contributed by atoms with Crippen molar-refractivity contribution >= 4 is 17.7 Å². The number of halogens is 2. The van der Waals surface area contributed by atoms with Crippen molar-refractivity contribution in [2.45, 2.75) is 25.0 Å². The van der Waals surface area contributed by atoms with Crippen molar-refractivity contribution in [1.82, 2.24) is 5.32 Å². The molecular formula is C7H13F2NOS. The maximum atomic E-state index is 11.6. The number of amides is 1. The molecule has 1 amide bonds. The smallest absolute Gasteiger partial charge is 0.315 e. The molecule has 0 aromatic heterocycles. The van der Waals surface area contributed by atoms with Crippen LogP contribution in [0.3, 0.4) is 0 Å². The zero-order valence-electron chi connectivity index (χ0n) is 7.14. The van der Waals surface area contributed by atoms with Gasteiger partial charge in [-0.15, -0.1) is 0 Å². The predicted octanol–water partition coefficient (Wildman–Crippen LogP) is 1.51. The summed E-state index contributed by atoms with van der Waals surface area (Å²) in [7, 11) is 0. The summed E-state index contributed by atoms with van der Waals surface area (Å²) < 4.78 is 23.2. The minimum atomic E-state index is -2.89. The summed E-state index contributed by atoms with van der Waals surface area (Å²) in [6.07, 6.45) is -0.228. The van der Waals surface area contributed by atoms with Crippen LogP contribution in [0.5, 0.6) is 0 Å². The number of thioether (sulfide) groups is 1. The van der Waals surface area contributed by atoms with Crippen molar-refractivity contribution in [2.75, 3.05) is 12.8 Å². The Kier molecular flexibility index (Phi) is 6.06. The molecule has 0 heterocycles. The number of nitrogens with one attached hydrogen (secondary N) is 1. The first kappa shape index (κ1) is 11.7. The Labute approximate surface area is 75.1 Å². The van der Waals surface area contributed by atoms with E-state index in [0.29, 0.717) is 11.8 Å². The summed E-state index contributed by atoms with van der Waals surface area (Å²) in [5.41, 5.74) is 0. The lowest BCUT2D eigenvalue weighted by atomic mass is 10.3. The van der Waals surface area contributed by atoms with Gasteiger partial charge >= 0.3 is 6.43 Å². The molecule has 0 radical (unpaired) electrons. The number of hydrogen-bond acceptors (Lipinski definition) is 2. The maximum Gasteiger partial charge on any atom is 0.315 e. The fourth-order valence-corrected chi connectivity index (χ4v) is 0.947. The van der Waals surface area contributed by atoms with Crippen molar-refractivity contribution in [1.29, 1.82) is 0 Å². The van der Waals surface area contributed by atoms with Gasteiger partial charge in [0.15, 0.2) is 0 Å². The molecule has 0 aliphatic heterocycles. The average Bonchev–Trinajstić information content (AvgIpc) is 2.03. The molecule has 1 atom stereocenters. The van der Waals surface area contributed by atoms with Crippen LogP contribution in [0.15, 0.2) is 0 Å². The van der Waals surface area contributed by atoms with Crippen molar-refractivity contribution in [2.24, 2.45) is 0 Å². The third-order valence-electron chi connectivity index (χ3n) is 1.45. The summed E-state index contributed by atoms with van der Waals surface area (Å²) in [5.74, 6) is -1.18. The Morgan fingerprint density at radius 2 is 2.17 bits per heavy atom. The minimum absolute atomic E-state index is 0.325. The predicted molar refractivity (Wildman–Crippen MR) is 46.6 cm³/mol. The van der Waals surface area contributed by atoms with Crippen LogP contribution in [0.25, 0.3) is 0 Å². The van der Waals surface area contributed by atoms with Crippen molar-refractivity contribution in [3.05, 3.63) is 0 Å². The van der Waals surface area contributed by atoms with Crippen molar-refractivity contribution < 1.29 is 13.6 Å². The first-order valence-electron chi connectivity index (χ1n) is 3.66. The maximum absolute atomic E-state index is 11.6. The summed E-state index contributed by atoms with van der Waals surface area (Å²) >= 11 is 1.65. The Balaban J connectivity index is 3.37. The second kappa shape index (κ2) is 6.22. The Bertz CT molecular complexity index is 143. The molecule has 1 N–H and O–H groups in total. The molecule has 12 heavy (non-hydrogen) atoms. The van der Waals surface area contributed by atoms with Gasteiger partial charge in [-0.3, -0.25) is 4.79 Å². The lowest BCUT2D eigenvalue weighted by molar-refractivity contribution is -0.131. The molecule has 0 aliphatic carbocycles. The van der Waals surface area contributed by atoms with E-state index in [2.05, 4.69) is 5.32 Å². The highest BCUT2D eigenvalue weighted by Crippen LogP contribution is 2.07. The molecule has 0 aliphatic rings. The summed E-state index contributed by atoms with van der Waals surface area (Å²) in [6.45, 7) is 2.31. The fraction of sp³-hybridized carbons (Fsp3) is 0.857. The minimum Gasteiger partial charge on any atom is -0.351 e. The van der Waals surface area contributed by atoms with E-state index in [0.717, 1.165) is 6.42 Å². The van der Waals surface area contributed by atoms with Crippen LogP contribution < -0.4 is 5.32 Å². The quantitative estimate of drug-likeness (QED) is 0.723. The van der Waals surface area contributed by atoms with Gasteiger partial charge in [0, 0.05) is 11.8 Å². The van der Waals surface area contributed by atoms with E-state index in [1.807, 2.05) is 13.2 Å². The van der Waals surface area contributed by atoms with Gasteiger partial charge in [0.25, 0.3) is 5.91 Å². The topological polar surface area (TPSA) is 29.1 Å². The highest BCUT2D eigenvalue weighted by Gasteiger charge is 2.13. The van der Waals surface area contributed by atoms with Gasteiger partial charge in [-0.05, 0) is 12.7 Å². The number of rotatable bonds is 5. The first-order valence-corrected chi connectivity index (χ1v) is 4.95. The Morgan fingerprint density at radius 1 is 1.58 bits per heavy atom. The van der Waals surface area contributed by atoms with Gasteiger partial charge in [-0.1, -0.05) is 6.92 Å². The molecule has 0 saturated heterocycles. The standard InChI is InChI=1S/C7H13F2NOS/c1-5(12-2)3-4-10-7(11)6(8)9/h5-6H,3-4H2,1-2H3,(H,10,11). The van der Waals surface area contributed by atoms with Crippen LogP contribution >= 0.6 is 11.8 Å². The average molecular weight is 197 g/mol. The van der Waals surface area contributed by atoms with E-state index < -0.39 is 12.3 Å². The van der Waals surface area contributed by atoms with Gasteiger partial charge in [-0.2, -0.15) is 20.5 Å². The molecular weight excluding hydrogens is 184 g/mol. The van der Waals surface area contributed by atoms with E-state index in [-0.39, 0.29) is 0 Å². The molecule has 0 spiro atoms. The summed E-state index contributed by atoms with van der Waals surface area (Å²) in [4.78, 5) is 10.3. The van der Waals surface area contributed by atoms with Crippen LogP contribution in [-0.2, 0) is 4.79 Å². The molecule has 1 unspecified atom stereocenters. The van der Waals surface area contributed by atoms with E-state index in [4.69, 9.17) is 0 Å².